The minimum absolute atomic E-state index is 0.729. The molecule has 2 rings (SSSR count). The van der Waals surface area contributed by atoms with Crippen LogP contribution in [0.2, 0.25) is 5.02 Å². The number of ether oxygens (including phenoxy) is 1. The molecule has 2 aromatic rings. The zero-order chi connectivity index (χ0) is 13.8. The molecule has 0 fully saturated rings. The van der Waals surface area contributed by atoms with Crippen molar-refractivity contribution in [2.24, 2.45) is 0 Å². The second kappa shape index (κ2) is 6.31. The Balaban J connectivity index is 2.12. The maximum absolute atomic E-state index is 6.10. The Morgan fingerprint density at radius 3 is 2.63 bits per heavy atom. The fraction of sp³-hybridized carbons (Fsp3) is 0.333. The number of thiophene rings is 1. The standard InChI is InChI=1S/C15H18ClNOS/c1-4-11-5-6-12(19-11)9-17-14-7-10(2)13(16)8-15(14)18-3/h5-8,17H,4,9H2,1-3H3. The van der Waals surface area contributed by atoms with Crippen molar-refractivity contribution in [3.63, 3.8) is 0 Å². The van der Waals surface area contributed by atoms with Crippen LogP contribution in [0.3, 0.4) is 0 Å². The number of nitrogens with one attached hydrogen (secondary N) is 1. The fourth-order valence-corrected chi connectivity index (χ4v) is 2.91. The van der Waals surface area contributed by atoms with Crippen LogP contribution in [0.1, 0.15) is 22.2 Å². The average Bonchev–Trinajstić information content (AvgIpc) is 2.87. The van der Waals surface area contributed by atoms with Crippen LogP contribution in [0.4, 0.5) is 5.69 Å². The fourth-order valence-electron chi connectivity index (χ4n) is 1.86. The van der Waals surface area contributed by atoms with Crippen molar-refractivity contribution in [2.45, 2.75) is 26.8 Å². The summed E-state index contributed by atoms with van der Waals surface area (Å²) in [6.45, 7) is 4.98. The molecule has 0 spiro atoms. The van der Waals surface area contributed by atoms with Crippen molar-refractivity contribution in [2.75, 3.05) is 12.4 Å². The molecule has 0 saturated carbocycles. The Hall–Kier alpha value is -1.19. The van der Waals surface area contributed by atoms with Crippen LogP contribution in [-0.2, 0) is 13.0 Å². The van der Waals surface area contributed by atoms with Crippen LogP contribution in [0.5, 0.6) is 5.75 Å². The van der Waals surface area contributed by atoms with Gasteiger partial charge in [-0.25, -0.2) is 0 Å². The zero-order valence-corrected chi connectivity index (χ0v) is 13.0. The molecule has 102 valence electrons. The van der Waals surface area contributed by atoms with E-state index in [-0.39, 0.29) is 0 Å². The van der Waals surface area contributed by atoms with Crippen LogP contribution in [0.15, 0.2) is 24.3 Å². The van der Waals surface area contributed by atoms with E-state index in [9.17, 15) is 0 Å². The Morgan fingerprint density at radius 1 is 1.26 bits per heavy atom. The Bertz CT molecular complexity index is 565. The molecule has 4 heteroatoms. The number of rotatable bonds is 5. The Morgan fingerprint density at radius 2 is 2.00 bits per heavy atom. The molecular formula is C15H18ClNOS. The summed E-state index contributed by atoms with van der Waals surface area (Å²) in [5.74, 6) is 0.780. The maximum atomic E-state index is 6.10. The predicted octanol–water partition coefficient (Wildman–Crippen LogP) is 4.89. The van der Waals surface area contributed by atoms with E-state index >= 15 is 0 Å². The minimum atomic E-state index is 0.729. The third-order valence-corrected chi connectivity index (χ3v) is 4.64. The lowest BCUT2D eigenvalue weighted by Crippen LogP contribution is -2.00. The lowest BCUT2D eigenvalue weighted by molar-refractivity contribution is 0.416. The molecule has 1 aromatic heterocycles. The Kier molecular flexibility index (Phi) is 4.72. The summed E-state index contributed by atoms with van der Waals surface area (Å²) in [6, 6.07) is 8.23. The highest BCUT2D eigenvalue weighted by Crippen LogP contribution is 2.31. The van der Waals surface area contributed by atoms with Gasteiger partial charge in [0.15, 0.2) is 0 Å². The molecule has 0 aliphatic heterocycles. The SMILES string of the molecule is CCc1ccc(CNc2cc(C)c(Cl)cc2OC)s1. The van der Waals surface area contributed by atoms with E-state index < -0.39 is 0 Å². The van der Waals surface area contributed by atoms with Crippen LogP contribution in [-0.4, -0.2) is 7.11 Å². The van der Waals surface area contributed by atoms with Gasteiger partial charge in [0.1, 0.15) is 5.75 Å². The van der Waals surface area contributed by atoms with E-state index in [4.69, 9.17) is 16.3 Å². The number of aryl methyl sites for hydroxylation is 2. The number of anilines is 1. The highest BCUT2D eigenvalue weighted by Gasteiger charge is 2.07. The largest absolute Gasteiger partial charge is 0.495 e. The van der Waals surface area contributed by atoms with Gasteiger partial charge < -0.3 is 10.1 Å². The van der Waals surface area contributed by atoms with Gasteiger partial charge in [-0.1, -0.05) is 18.5 Å². The predicted molar refractivity (Wildman–Crippen MR) is 83.8 cm³/mol. The number of methoxy groups -OCH3 is 1. The highest BCUT2D eigenvalue weighted by molar-refractivity contribution is 7.12. The van der Waals surface area contributed by atoms with Gasteiger partial charge in [-0.2, -0.15) is 0 Å². The van der Waals surface area contributed by atoms with Gasteiger partial charge in [-0.15, -0.1) is 11.3 Å². The van der Waals surface area contributed by atoms with Gasteiger partial charge in [0.2, 0.25) is 0 Å². The Labute approximate surface area is 123 Å². The van der Waals surface area contributed by atoms with Crippen LogP contribution < -0.4 is 10.1 Å². The maximum Gasteiger partial charge on any atom is 0.143 e. The van der Waals surface area contributed by atoms with Crippen molar-refractivity contribution in [1.82, 2.24) is 0 Å². The molecule has 0 saturated heterocycles. The van der Waals surface area contributed by atoms with Gasteiger partial charge in [-0.05, 0) is 37.1 Å². The van der Waals surface area contributed by atoms with Crippen molar-refractivity contribution >= 4 is 28.6 Å². The molecule has 0 unspecified atom stereocenters. The normalized spacial score (nSPS) is 10.5. The molecule has 0 bridgehead atoms. The molecule has 1 N–H and O–H groups in total. The van der Waals surface area contributed by atoms with Gasteiger partial charge in [0.05, 0.1) is 12.8 Å². The van der Waals surface area contributed by atoms with Crippen LogP contribution in [0, 0.1) is 6.92 Å². The third-order valence-electron chi connectivity index (χ3n) is 3.00. The summed E-state index contributed by atoms with van der Waals surface area (Å²) < 4.78 is 5.35. The lowest BCUT2D eigenvalue weighted by Gasteiger charge is -2.12. The van der Waals surface area contributed by atoms with Gasteiger partial charge in [0, 0.05) is 27.4 Å². The summed E-state index contributed by atoms with van der Waals surface area (Å²) in [6.07, 6.45) is 1.09. The number of benzene rings is 1. The molecule has 19 heavy (non-hydrogen) atoms. The topological polar surface area (TPSA) is 21.3 Å². The van der Waals surface area contributed by atoms with Gasteiger partial charge in [-0.3, -0.25) is 0 Å². The summed E-state index contributed by atoms with van der Waals surface area (Å²) in [7, 11) is 1.66. The van der Waals surface area contributed by atoms with E-state index in [0.717, 1.165) is 35.0 Å². The molecular weight excluding hydrogens is 278 g/mol. The van der Waals surface area contributed by atoms with E-state index in [2.05, 4.69) is 24.4 Å². The van der Waals surface area contributed by atoms with Gasteiger partial charge >= 0.3 is 0 Å². The molecule has 0 atom stereocenters. The van der Waals surface area contributed by atoms with Gasteiger partial charge in [0.25, 0.3) is 0 Å². The van der Waals surface area contributed by atoms with Crippen molar-refractivity contribution < 1.29 is 4.74 Å². The lowest BCUT2D eigenvalue weighted by atomic mass is 10.2. The van der Waals surface area contributed by atoms with Crippen molar-refractivity contribution in [3.05, 3.63) is 44.6 Å². The van der Waals surface area contributed by atoms with Crippen LogP contribution in [0.25, 0.3) is 0 Å². The smallest absolute Gasteiger partial charge is 0.143 e. The van der Waals surface area contributed by atoms with Crippen molar-refractivity contribution in [1.29, 1.82) is 0 Å². The van der Waals surface area contributed by atoms with E-state index in [1.54, 1.807) is 7.11 Å². The molecule has 0 aliphatic rings. The first kappa shape index (κ1) is 14.2. The second-order valence-corrected chi connectivity index (χ2v) is 6.04. The molecule has 1 aromatic carbocycles. The summed E-state index contributed by atoms with van der Waals surface area (Å²) in [5.41, 5.74) is 2.03. The first-order valence-corrected chi connectivity index (χ1v) is 7.49. The summed E-state index contributed by atoms with van der Waals surface area (Å²) in [5, 5.41) is 4.14. The number of hydrogen-bond donors (Lipinski definition) is 1. The molecule has 0 radical (unpaired) electrons. The summed E-state index contributed by atoms with van der Waals surface area (Å²) in [4.78, 5) is 2.74. The summed E-state index contributed by atoms with van der Waals surface area (Å²) >= 11 is 7.94. The highest BCUT2D eigenvalue weighted by atomic mass is 35.5. The van der Waals surface area contributed by atoms with E-state index in [1.807, 2.05) is 30.4 Å². The zero-order valence-electron chi connectivity index (χ0n) is 11.4. The second-order valence-electron chi connectivity index (χ2n) is 4.38. The van der Waals surface area contributed by atoms with E-state index in [0.29, 0.717) is 0 Å². The van der Waals surface area contributed by atoms with E-state index in [1.165, 1.54) is 9.75 Å². The minimum Gasteiger partial charge on any atom is -0.495 e. The number of halogens is 1. The van der Waals surface area contributed by atoms with Crippen molar-refractivity contribution in [3.8, 4) is 5.75 Å². The monoisotopic (exact) mass is 295 g/mol. The van der Waals surface area contributed by atoms with Crippen LogP contribution >= 0.6 is 22.9 Å². The quantitative estimate of drug-likeness (QED) is 0.847. The first-order chi connectivity index (χ1) is 9.13. The molecule has 1 heterocycles. The molecule has 0 amide bonds. The molecule has 2 nitrogen and oxygen atoms in total. The molecule has 0 aliphatic carbocycles. The third kappa shape index (κ3) is 3.43. The number of hydrogen-bond acceptors (Lipinski definition) is 3. The first-order valence-electron chi connectivity index (χ1n) is 6.29. The average molecular weight is 296 g/mol.